The Labute approximate surface area is 145 Å². The monoisotopic (exact) mass is 342 g/mol. The minimum absolute atomic E-state index is 0.167. The zero-order valence-corrected chi connectivity index (χ0v) is 14.3. The van der Waals surface area contributed by atoms with Crippen LogP contribution < -0.4 is 9.47 Å². The van der Waals surface area contributed by atoms with Gasteiger partial charge in [0.1, 0.15) is 17.3 Å². The second-order valence-corrected chi connectivity index (χ2v) is 5.78. The molecule has 0 bridgehead atoms. The summed E-state index contributed by atoms with van der Waals surface area (Å²) in [6, 6.07) is 11.4. The van der Waals surface area contributed by atoms with Gasteiger partial charge in [-0.1, -0.05) is 12.1 Å². The molecule has 0 N–H and O–H groups in total. The maximum absolute atomic E-state index is 13.2. The summed E-state index contributed by atoms with van der Waals surface area (Å²) in [5, 5.41) is 5.92. The number of amides is 1. The fourth-order valence-electron chi connectivity index (χ4n) is 2.89. The number of carbonyl (C=O) groups is 1. The van der Waals surface area contributed by atoms with Crippen LogP contribution in [0.4, 0.5) is 4.39 Å². The maximum Gasteiger partial charge on any atom is 0.240 e. The molecule has 1 unspecified atom stereocenters. The first-order valence-electron chi connectivity index (χ1n) is 7.88. The molecule has 5 nitrogen and oxygen atoms in total. The fourth-order valence-corrected chi connectivity index (χ4v) is 2.89. The van der Waals surface area contributed by atoms with Gasteiger partial charge in [-0.2, -0.15) is 5.10 Å². The van der Waals surface area contributed by atoms with E-state index in [1.54, 1.807) is 32.4 Å². The molecule has 1 atom stereocenters. The molecule has 0 radical (unpaired) electrons. The highest BCUT2D eigenvalue weighted by Gasteiger charge is 2.31. The van der Waals surface area contributed by atoms with Crippen molar-refractivity contribution in [2.75, 3.05) is 14.2 Å². The van der Waals surface area contributed by atoms with E-state index < -0.39 is 0 Å². The summed E-state index contributed by atoms with van der Waals surface area (Å²) in [7, 11) is 3.16. The molecule has 0 fully saturated rings. The Morgan fingerprint density at radius 1 is 1.12 bits per heavy atom. The average molecular weight is 342 g/mol. The Balaban J connectivity index is 1.97. The number of benzene rings is 2. The van der Waals surface area contributed by atoms with Crippen LogP contribution in [0.5, 0.6) is 11.5 Å². The van der Waals surface area contributed by atoms with Crippen LogP contribution in [0.1, 0.15) is 30.5 Å². The predicted molar refractivity (Wildman–Crippen MR) is 92.4 cm³/mol. The lowest BCUT2D eigenvalue weighted by Crippen LogP contribution is -2.24. The molecule has 0 spiro atoms. The predicted octanol–water partition coefficient (Wildman–Crippen LogP) is 3.54. The zero-order chi connectivity index (χ0) is 18.0. The van der Waals surface area contributed by atoms with Gasteiger partial charge in [0.2, 0.25) is 5.91 Å². The second-order valence-electron chi connectivity index (χ2n) is 5.78. The third kappa shape index (κ3) is 3.47. The summed E-state index contributed by atoms with van der Waals surface area (Å²) in [6.45, 7) is 1.47. The molecule has 0 aromatic heterocycles. The standard InChI is InChI=1S/C19H19FN2O3/c1-12(23)22-19(13-4-6-15(20)7-5-13)11-18(21-22)14-8-16(24-2)10-17(9-14)25-3/h4-10,19H,11H2,1-3H3. The van der Waals surface area contributed by atoms with Crippen molar-refractivity contribution in [1.29, 1.82) is 0 Å². The van der Waals surface area contributed by atoms with Crippen LogP contribution in [0.15, 0.2) is 47.6 Å². The lowest BCUT2D eigenvalue weighted by atomic mass is 9.98. The molecule has 1 aliphatic rings. The Morgan fingerprint density at radius 2 is 1.72 bits per heavy atom. The van der Waals surface area contributed by atoms with Crippen molar-refractivity contribution in [1.82, 2.24) is 5.01 Å². The summed E-state index contributed by atoms with van der Waals surface area (Å²) in [6.07, 6.45) is 0.529. The van der Waals surface area contributed by atoms with Crippen LogP contribution >= 0.6 is 0 Å². The fraction of sp³-hybridized carbons (Fsp3) is 0.263. The van der Waals surface area contributed by atoms with Crippen LogP contribution in [0.3, 0.4) is 0 Å². The van der Waals surface area contributed by atoms with Crippen LogP contribution in [-0.2, 0) is 4.79 Å². The Morgan fingerprint density at radius 3 is 2.24 bits per heavy atom. The highest BCUT2D eigenvalue weighted by atomic mass is 19.1. The van der Waals surface area contributed by atoms with Crippen molar-refractivity contribution in [2.24, 2.45) is 5.10 Å². The van der Waals surface area contributed by atoms with Crippen molar-refractivity contribution in [3.05, 3.63) is 59.4 Å². The molecule has 1 amide bonds. The van der Waals surface area contributed by atoms with Crippen LogP contribution in [0.2, 0.25) is 0 Å². The molecule has 2 aromatic carbocycles. The lowest BCUT2D eigenvalue weighted by Gasteiger charge is -2.20. The lowest BCUT2D eigenvalue weighted by molar-refractivity contribution is -0.130. The van der Waals surface area contributed by atoms with Gasteiger partial charge in [0, 0.05) is 25.0 Å². The molecule has 3 rings (SSSR count). The number of hydrogen-bond acceptors (Lipinski definition) is 4. The number of rotatable bonds is 4. The first-order chi connectivity index (χ1) is 12.0. The smallest absolute Gasteiger partial charge is 0.240 e. The van der Waals surface area contributed by atoms with Crippen LogP contribution in [0, 0.1) is 5.82 Å². The van der Waals surface area contributed by atoms with E-state index in [1.165, 1.54) is 24.1 Å². The van der Waals surface area contributed by atoms with E-state index >= 15 is 0 Å². The van der Waals surface area contributed by atoms with Crippen molar-refractivity contribution in [2.45, 2.75) is 19.4 Å². The third-order valence-corrected chi connectivity index (χ3v) is 4.17. The third-order valence-electron chi connectivity index (χ3n) is 4.17. The van der Waals surface area contributed by atoms with Gasteiger partial charge in [0.15, 0.2) is 0 Å². The van der Waals surface area contributed by atoms with E-state index in [-0.39, 0.29) is 17.8 Å². The summed E-state index contributed by atoms with van der Waals surface area (Å²) >= 11 is 0. The number of nitrogens with zero attached hydrogens (tertiary/aromatic N) is 2. The zero-order valence-electron chi connectivity index (χ0n) is 14.3. The normalized spacial score (nSPS) is 16.6. The molecule has 2 aromatic rings. The highest BCUT2D eigenvalue weighted by Crippen LogP contribution is 2.34. The van der Waals surface area contributed by atoms with Gasteiger partial charge >= 0.3 is 0 Å². The minimum atomic E-state index is -0.310. The van der Waals surface area contributed by atoms with Crippen molar-refractivity contribution in [3.63, 3.8) is 0 Å². The van der Waals surface area contributed by atoms with Crippen molar-refractivity contribution in [3.8, 4) is 11.5 Å². The van der Waals surface area contributed by atoms with Crippen molar-refractivity contribution < 1.29 is 18.7 Å². The van der Waals surface area contributed by atoms with Crippen LogP contribution in [0.25, 0.3) is 0 Å². The molecule has 0 saturated heterocycles. The molecule has 1 heterocycles. The number of methoxy groups -OCH3 is 2. The number of hydrazone groups is 1. The van der Waals surface area contributed by atoms with Gasteiger partial charge in [-0.15, -0.1) is 0 Å². The van der Waals surface area contributed by atoms with Gasteiger partial charge in [0.05, 0.1) is 26.0 Å². The van der Waals surface area contributed by atoms with Gasteiger partial charge < -0.3 is 9.47 Å². The highest BCUT2D eigenvalue weighted by molar-refractivity contribution is 6.03. The number of carbonyl (C=O) groups excluding carboxylic acids is 1. The summed E-state index contributed by atoms with van der Waals surface area (Å²) in [5.41, 5.74) is 2.42. The molecule has 25 heavy (non-hydrogen) atoms. The van der Waals surface area contributed by atoms with Gasteiger partial charge in [0.25, 0.3) is 0 Å². The van der Waals surface area contributed by atoms with E-state index in [4.69, 9.17) is 9.47 Å². The van der Waals surface area contributed by atoms with E-state index in [0.717, 1.165) is 16.8 Å². The van der Waals surface area contributed by atoms with Gasteiger partial charge in [-0.25, -0.2) is 9.40 Å². The molecular weight excluding hydrogens is 323 g/mol. The average Bonchev–Trinajstić information content (AvgIpc) is 3.07. The SMILES string of the molecule is COc1cc(OC)cc(C2=NN(C(C)=O)C(c3ccc(F)cc3)C2)c1. The van der Waals surface area contributed by atoms with Crippen LogP contribution in [-0.4, -0.2) is 30.8 Å². The minimum Gasteiger partial charge on any atom is -0.497 e. The topological polar surface area (TPSA) is 51.1 Å². The molecular formula is C19H19FN2O3. The Bertz CT molecular complexity index is 796. The quantitative estimate of drug-likeness (QED) is 0.854. The number of ether oxygens (including phenoxy) is 2. The van der Waals surface area contributed by atoms with E-state index in [1.807, 2.05) is 12.1 Å². The Hall–Kier alpha value is -2.89. The van der Waals surface area contributed by atoms with E-state index in [9.17, 15) is 9.18 Å². The molecule has 1 aliphatic heterocycles. The summed E-state index contributed by atoms with van der Waals surface area (Å²) in [4.78, 5) is 12.0. The molecule has 0 aliphatic carbocycles. The first kappa shape index (κ1) is 17.0. The second kappa shape index (κ2) is 6.93. The number of hydrogen-bond donors (Lipinski definition) is 0. The summed E-state index contributed by atoms with van der Waals surface area (Å²) in [5.74, 6) is 0.822. The molecule has 0 saturated carbocycles. The van der Waals surface area contributed by atoms with E-state index in [2.05, 4.69) is 5.10 Å². The molecule has 130 valence electrons. The summed E-state index contributed by atoms with van der Waals surface area (Å²) < 4.78 is 23.8. The first-order valence-corrected chi connectivity index (χ1v) is 7.88. The van der Waals surface area contributed by atoms with Crippen molar-refractivity contribution >= 4 is 11.6 Å². The molecule has 6 heteroatoms. The van der Waals surface area contributed by atoms with E-state index in [0.29, 0.717) is 17.9 Å². The largest absolute Gasteiger partial charge is 0.497 e. The van der Waals surface area contributed by atoms with Gasteiger partial charge in [-0.05, 0) is 29.8 Å². The van der Waals surface area contributed by atoms with Gasteiger partial charge in [-0.3, -0.25) is 4.79 Å². The Kier molecular flexibility index (Phi) is 4.70. The maximum atomic E-state index is 13.2. The number of halogens is 1.